The van der Waals surface area contributed by atoms with Crippen LogP contribution in [-0.2, 0) is 0 Å². The van der Waals surface area contributed by atoms with Crippen molar-refractivity contribution in [2.24, 2.45) is 11.8 Å². The fraction of sp³-hybridized carbons (Fsp3) is 1.00. The number of hydrogen-bond donors (Lipinski definition) is 1. The quantitative estimate of drug-likeness (QED) is 0.735. The van der Waals surface area contributed by atoms with Gasteiger partial charge in [-0.05, 0) is 31.7 Å². The van der Waals surface area contributed by atoms with E-state index in [0.717, 1.165) is 17.9 Å². The van der Waals surface area contributed by atoms with Gasteiger partial charge >= 0.3 is 0 Å². The fourth-order valence-corrected chi connectivity index (χ4v) is 3.00. The molecule has 1 aliphatic rings. The second-order valence-electron chi connectivity index (χ2n) is 6.43. The molecular formula is C15H32N2. The summed E-state index contributed by atoms with van der Waals surface area (Å²) in [5.74, 6) is 1.50. The van der Waals surface area contributed by atoms with E-state index >= 15 is 0 Å². The maximum Gasteiger partial charge on any atom is 0.0215 e. The Kier molecular flexibility index (Phi) is 6.50. The van der Waals surface area contributed by atoms with Crippen molar-refractivity contribution in [2.45, 2.75) is 65.5 Å². The minimum Gasteiger partial charge on any atom is -0.315 e. The molecule has 0 radical (unpaired) electrons. The second kappa shape index (κ2) is 7.38. The third-order valence-electron chi connectivity index (χ3n) is 4.05. The van der Waals surface area contributed by atoms with Gasteiger partial charge in [-0.1, -0.05) is 40.5 Å². The third kappa shape index (κ3) is 4.97. The molecule has 102 valence electrons. The van der Waals surface area contributed by atoms with Gasteiger partial charge in [0.2, 0.25) is 0 Å². The van der Waals surface area contributed by atoms with Gasteiger partial charge in [0, 0.05) is 25.2 Å². The van der Waals surface area contributed by atoms with Gasteiger partial charge in [0.05, 0.1) is 0 Å². The van der Waals surface area contributed by atoms with Crippen molar-refractivity contribution in [3.8, 4) is 0 Å². The molecule has 1 unspecified atom stereocenters. The molecule has 1 fully saturated rings. The number of nitrogens with zero attached hydrogens (tertiary/aromatic N) is 1. The Bertz CT molecular complexity index is 195. The smallest absolute Gasteiger partial charge is 0.0215 e. The Morgan fingerprint density at radius 2 is 1.65 bits per heavy atom. The standard InChI is InChI=1S/C15H32N2/c1-12(2)10-17(14-8-6-7-9-14)11-15(16-5)13(3)4/h12-16H,6-11H2,1-5H3. The Hall–Kier alpha value is -0.0800. The topological polar surface area (TPSA) is 15.3 Å². The highest BCUT2D eigenvalue weighted by molar-refractivity contribution is 4.82. The van der Waals surface area contributed by atoms with Crippen LogP contribution in [0.25, 0.3) is 0 Å². The van der Waals surface area contributed by atoms with Gasteiger partial charge in [-0.25, -0.2) is 0 Å². The highest BCUT2D eigenvalue weighted by Crippen LogP contribution is 2.25. The molecule has 2 nitrogen and oxygen atoms in total. The van der Waals surface area contributed by atoms with E-state index in [1.807, 2.05) is 0 Å². The summed E-state index contributed by atoms with van der Waals surface area (Å²) in [7, 11) is 2.10. The van der Waals surface area contributed by atoms with Crippen molar-refractivity contribution >= 4 is 0 Å². The molecule has 2 heteroatoms. The maximum atomic E-state index is 3.49. The van der Waals surface area contributed by atoms with Gasteiger partial charge in [0.15, 0.2) is 0 Å². The predicted molar refractivity (Wildman–Crippen MR) is 76.4 cm³/mol. The van der Waals surface area contributed by atoms with Gasteiger partial charge in [-0.3, -0.25) is 4.90 Å². The van der Waals surface area contributed by atoms with Gasteiger partial charge < -0.3 is 5.32 Å². The Morgan fingerprint density at radius 1 is 1.06 bits per heavy atom. The first-order valence-corrected chi connectivity index (χ1v) is 7.46. The van der Waals surface area contributed by atoms with Crippen LogP contribution in [0.1, 0.15) is 53.4 Å². The molecule has 1 rings (SSSR count). The summed E-state index contributed by atoms with van der Waals surface area (Å²) in [4.78, 5) is 2.75. The first-order valence-electron chi connectivity index (χ1n) is 7.46. The summed E-state index contributed by atoms with van der Waals surface area (Å²) in [6.07, 6.45) is 5.71. The van der Waals surface area contributed by atoms with E-state index in [2.05, 4.69) is 45.0 Å². The summed E-state index contributed by atoms with van der Waals surface area (Å²) in [6, 6.07) is 1.49. The molecule has 1 aliphatic carbocycles. The summed E-state index contributed by atoms with van der Waals surface area (Å²) in [6.45, 7) is 11.8. The monoisotopic (exact) mass is 240 g/mol. The Balaban J connectivity index is 2.55. The van der Waals surface area contributed by atoms with E-state index in [9.17, 15) is 0 Å². The molecule has 0 amide bonds. The van der Waals surface area contributed by atoms with Crippen LogP contribution in [0.5, 0.6) is 0 Å². The van der Waals surface area contributed by atoms with Crippen LogP contribution in [0.2, 0.25) is 0 Å². The maximum absolute atomic E-state index is 3.49. The zero-order valence-corrected chi connectivity index (χ0v) is 12.5. The van der Waals surface area contributed by atoms with Gasteiger partial charge in [-0.2, -0.15) is 0 Å². The van der Waals surface area contributed by atoms with E-state index in [0.29, 0.717) is 6.04 Å². The van der Waals surface area contributed by atoms with Crippen molar-refractivity contribution in [2.75, 3.05) is 20.1 Å². The minimum atomic E-state index is 0.634. The van der Waals surface area contributed by atoms with Gasteiger partial charge in [0.1, 0.15) is 0 Å². The van der Waals surface area contributed by atoms with Crippen molar-refractivity contribution < 1.29 is 0 Å². The van der Waals surface area contributed by atoms with Crippen LogP contribution in [0, 0.1) is 11.8 Å². The molecule has 0 saturated heterocycles. The lowest BCUT2D eigenvalue weighted by Gasteiger charge is -2.35. The Morgan fingerprint density at radius 3 is 2.06 bits per heavy atom. The molecule has 1 atom stereocenters. The molecule has 0 aromatic carbocycles. The summed E-state index contributed by atoms with van der Waals surface area (Å²) >= 11 is 0. The van der Waals surface area contributed by atoms with E-state index < -0.39 is 0 Å². The number of rotatable bonds is 7. The van der Waals surface area contributed by atoms with Crippen LogP contribution >= 0.6 is 0 Å². The lowest BCUT2D eigenvalue weighted by molar-refractivity contribution is 0.148. The minimum absolute atomic E-state index is 0.634. The zero-order valence-electron chi connectivity index (χ0n) is 12.5. The molecule has 0 aliphatic heterocycles. The molecule has 17 heavy (non-hydrogen) atoms. The molecule has 1 N–H and O–H groups in total. The van der Waals surface area contributed by atoms with Crippen molar-refractivity contribution in [3.63, 3.8) is 0 Å². The highest BCUT2D eigenvalue weighted by atomic mass is 15.2. The predicted octanol–water partition coefficient (Wildman–Crippen LogP) is 3.13. The molecule has 0 aromatic rings. The van der Waals surface area contributed by atoms with Crippen LogP contribution in [0.15, 0.2) is 0 Å². The van der Waals surface area contributed by atoms with Crippen LogP contribution in [0.3, 0.4) is 0 Å². The normalized spacial score (nSPS) is 19.8. The average Bonchev–Trinajstić information content (AvgIpc) is 2.76. The lowest BCUT2D eigenvalue weighted by Crippen LogP contribution is -2.47. The molecule has 0 spiro atoms. The van der Waals surface area contributed by atoms with E-state index in [-0.39, 0.29) is 0 Å². The summed E-state index contributed by atoms with van der Waals surface area (Å²) in [5, 5.41) is 3.49. The van der Waals surface area contributed by atoms with Crippen molar-refractivity contribution in [1.82, 2.24) is 10.2 Å². The fourth-order valence-electron chi connectivity index (χ4n) is 3.00. The molecule has 0 heterocycles. The first kappa shape index (κ1) is 15.0. The van der Waals surface area contributed by atoms with E-state index in [1.54, 1.807) is 0 Å². The molecular weight excluding hydrogens is 208 g/mol. The van der Waals surface area contributed by atoms with E-state index in [1.165, 1.54) is 38.8 Å². The molecule has 0 bridgehead atoms. The van der Waals surface area contributed by atoms with Gasteiger partial charge in [0.25, 0.3) is 0 Å². The summed E-state index contributed by atoms with van der Waals surface area (Å²) < 4.78 is 0. The SMILES string of the molecule is CNC(CN(CC(C)C)C1CCCC1)C(C)C. The summed E-state index contributed by atoms with van der Waals surface area (Å²) in [5.41, 5.74) is 0. The average molecular weight is 240 g/mol. The van der Waals surface area contributed by atoms with Crippen LogP contribution in [-0.4, -0.2) is 37.1 Å². The first-order chi connectivity index (χ1) is 8.04. The largest absolute Gasteiger partial charge is 0.315 e. The number of likely N-dealkylation sites (N-methyl/N-ethyl adjacent to an activating group) is 1. The Labute approximate surface area is 108 Å². The van der Waals surface area contributed by atoms with Gasteiger partial charge in [-0.15, -0.1) is 0 Å². The highest BCUT2D eigenvalue weighted by Gasteiger charge is 2.25. The van der Waals surface area contributed by atoms with Crippen molar-refractivity contribution in [1.29, 1.82) is 0 Å². The van der Waals surface area contributed by atoms with E-state index in [4.69, 9.17) is 0 Å². The molecule has 1 saturated carbocycles. The van der Waals surface area contributed by atoms with Crippen LogP contribution in [0.4, 0.5) is 0 Å². The molecule has 0 aromatic heterocycles. The van der Waals surface area contributed by atoms with Crippen molar-refractivity contribution in [3.05, 3.63) is 0 Å². The lowest BCUT2D eigenvalue weighted by atomic mass is 10.0. The number of hydrogen-bond acceptors (Lipinski definition) is 2. The van der Waals surface area contributed by atoms with Crippen LogP contribution < -0.4 is 5.32 Å². The number of nitrogens with one attached hydrogen (secondary N) is 1. The second-order valence-corrected chi connectivity index (χ2v) is 6.43. The zero-order chi connectivity index (χ0) is 12.8. The third-order valence-corrected chi connectivity index (χ3v) is 4.05.